The molecule has 0 aliphatic rings. The molecule has 5 heteroatoms. The molecule has 1 unspecified atom stereocenters. The van der Waals surface area contributed by atoms with Crippen LogP contribution in [-0.2, 0) is 11.3 Å². The molecule has 3 N–H and O–H groups in total. The molecule has 0 saturated carbocycles. The first-order valence-corrected chi connectivity index (χ1v) is 5.58. The highest BCUT2D eigenvalue weighted by atomic mass is 16.2. The summed E-state index contributed by atoms with van der Waals surface area (Å²) in [5.41, 5.74) is 5.15. The van der Waals surface area contributed by atoms with E-state index in [9.17, 15) is 4.79 Å². The highest BCUT2D eigenvalue weighted by molar-refractivity contribution is 5.82. The van der Waals surface area contributed by atoms with Crippen LogP contribution in [0.1, 0.15) is 20.3 Å². The summed E-state index contributed by atoms with van der Waals surface area (Å²) in [6.45, 7) is 5.49. The van der Waals surface area contributed by atoms with Crippen molar-refractivity contribution in [3.63, 3.8) is 0 Å². The minimum atomic E-state index is -0.454. The molecule has 0 aliphatic heterocycles. The zero-order valence-electron chi connectivity index (χ0n) is 9.94. The first-order valence-electron chi connectivity index (χ1n) is 5.58. The Kier molecular flexibility index (Phi) is 4.49. The van der Waals surface area contributed by atoms with Crippen molar-refractivity contribution in [3.8, 4) is 0 Å². The molecule has 1 aromatic heterocycles. The van der Waals surface area contributed by atoms with Crippen molar-refractivity contribution in [2.75, 3.05) is 13.1 Å². The Balaban J connectivity index is 2.35. The minimum Gasteiger partial charge on any atom is -0.354 e. The molecule has 16 heavy (non-hydrogen) atoms. The van der Waals surface area contributed by atoms with E-state index in [1.165, 1.54) is 0 Å². The summed E-state index contributed by atoms with van der Waals surface area (Å²) in [7, 11) is 0. The van der Waals surface area contributed by atoms with Crippen molar-refractivity contribution in [2.24, 2.45) is 11.1 Å². The molecular formula is C11H20N4O. The summed E-state index contributed by atoms with van der Waals surface area (Å²) >= 11 is 0. The molecule has 0 aromatic carbocycles. The zero-order chi connectivity index (χ0) is 12.0. The SMILES string of the molecule is CCC(C)(CN)C(=O)NCCn1cccn1. The van der Waals surface area contributed by atoms with Crippen molar-refractivity contribution in [3.05, 3.63) is 18.5 Å². The van der Waals surface area contributed by atoms with E-state index in [-0.39, 0.29) is 5.91 Å². The molecule has 1 atom stereocenters. The van der Waals surface area contributed by atoms with Crippen LogP contribution in [0.3, 0.4) is 0 Å². The summed E-state index contributed by atoms with van der Waals surface area (Å²) in [5, 5.41) is 6.94. The predicted octanol–water partition coefficient (Wildman–Crippen LogP) is 0.374. The normalized spacial score (nSPS) is 14.4. The van der Waals surface area contributed by atoms with Crippen LogP contribution < -0.4 is 11.1 Å². The Morgan fingerprint density at radius 2 is 2.38 bits per heavy atom. The molecule has 0 bridgehead atoms. The van der Waals surface area contributed by atoms with Gasteiger partial charge in [0.2, 0.25) is 5.91 Å². The van der Waals surface area contributed by atoms with Gasteiger partial charge in [0.1, 0.15) is 0 Å². The second-order valence-electron chi connectivity index (χ2n) is 4.14. The lowest BCUT2D eigenvalue weighted by molar-refractivity contribution is -0.129. The second-order valence-corrected chi connectivity index (χ2v) is 4.14. The maximum absolute atomic E-state index is 11.8. The smallest absolute Gasteiger partial charge is 0.227 e. The Hall–Kier alpha value is -1.36. The Morgan fingerprint density at radius 3 is 2.88 bits per heavy atom. The van der Waals surface area contributed by atoms with Crippen LogP contribution in [0.15, 0.2) is 18.5 Å². The summed E-state index contributed by atoms with van der Waals surface area (Å²) in [6, 6.07) is 1.86. The van der Waals surface area contributed by atoms with Crippen LogP contribution in [0.5, 0.6) is 0 Å². The molecule has 1 heterocycles. The molecule has 1 aromatic rings. The number of nitrogens with one attached hydrogen (secondary N) is 1. The maximum atomic E-state index is 11.8. The molecule has 1 amide bonds. The fraction of sp³-hybridized carbons (Fsp3) is 0.636. The number of carbonyl (C=O) groups excluding carboxylic acids is 1. The minimum absolute atomic E-state index is 0.0182. The highest BCUT2D eigenvalue weighted by Crippen LogP contribution is 2.18. The second kappa shape index (κ2) is 5.65. The molecule has 1 rings (SSSR count). The van der Waals surface area contributed by atoms with Gasteiger partial charge in [-0.2, -0.15) is 5.10 Å². The third-order valence-corrected chi connectivity index (χ3v) is 2.96. The van der Waals surface area contributed by atoms with Gasteiger partial charge in [0.25, 0.3) is 0 Å². The number of aromatic nitrogens is 2. The highest BCUT2D eigenvalue weighted by Gasteiger charge is 2.28. The van der Waals surface area contributed by atoms with Crippen LogP contribution in [0.4, 0.5) is 0 Å². The third-order valence-electron chi connectivity index (χ3n) is 2.96. The summed E-state index contributed by atoms with van der Waals surface area (Å²) < 4.78 is 1.78. The molecule has 0 aliphatic carbocycles. The maximum Gasteiger partial charge on any atom is 0.227 e. The van der Waals surface area contributed by atoms with Gasteiger partial charge in [0, 0.05) is 25.5 Å². The molecule has 0 saturated heterocycles. The van der Waals surface area contributed by atoms with E-state index in [1.54, 1.807) is 10.9 Å². The van der Waals surface area contributed by atoms with Gasteiger partial charge in [-0.05, 0) is 19.4 Å². The quantitative estimate of drug-likeness (QED) is 0.733. The predicted molar refractivity (Wildman–Crippen MR) is 62.7 cm³/mol. The number of hydrogen-bond acceptors (Lipinski definition) is 3. The number of amides is 1. The van der Waals surface area contributed by atoms with Crippen LogP contribution in [0.25, 0.3) is 0 Å². The topological polar surface area (TPSA) is 72.9 Å². The fourth-order valence-electron chi connectivity index (χ4n) is 1.33. The number of nitrogens with two attached hydrogens (primary N) is 1. The summed E-state index contributed by atoms with van der Waals surface area (Å²) in [4.78, 5) is 11.8. The average Bonchev–Trinajstić information content (AvgIpc) is 2.80. The number of carbonyl (C=O) groups is 1. The van der Waals surface area contributed by atoms with E-state index in [1.807, 2.05) is 26.1 Å². The van der Waals surface area contributed by atoms with Gasteiger partial charge in [-0.3, -0.25) is 9.48 Å². The van der Waals surface area contributed by atoms with Crippen LogP contribution in [0.2, 0.25) is 0 Å². The molecule has 0 radical (unpaired) electrons. The molecule has 5 nitrogen and oxygen atoms in total. The summed E-state index contributed by atoms with van der Waals surface area (Å²) in [5.74, 6) is 0.0182. The number of hydrogen-bond donors (Lipinski definition) is 2. The van der Waals surface area contributed by atoms with Gasteiger partial charge in [0.15, 0.2) is 0 Å². The van der Waals surface area contributed by atoms with Gasteiger partial charge < -0.3 is 11.1 Å². The Labute approximate surface area is 96.0 Å². The first kappa shape index (κ1) is 12.7. The molecular weight excluding hydrogens is 204 g/mol. The van der Waals surface area contributed by atoms with Gasteiger partial charge in [-0.15, -0.1) is 0 Å². The molecule has 0 fully saturated rings. The van der Waals surface area contributed by atoms with E-state index in [2.05, 4.69) is 10.4 Å². The van der Waals surface area contributed by atoms with Gasteiger partial charge in [-0.25, -0.2) is 0 Å². The van der Waals surface area contributed by atoms with Crippen molar-refractivity contribution in [2.45, 2.75) is 26.8 Å². The van der Waals surface area contributed by atoms with Crippen molar-refractivity contribution >= 4 is 5.91 Å². The number of rotatable bonds is 6. The monoisotopic (exact) mass is 224 g/mol. The van der Waals surface area contributed by atoms with E-state index < -0.39 is 5.41 Å². The summed E-state index contributed by atoms with van der Waals surface area (Å²) in [6.07, 6.45) is 4.34. The van der Waals surface area contributed by atoms with Gasteiger partial charge in [-0.1, -0.05) is 6.92 Å². The molecule has 90 valence electrons. The standard InChI is InChI=1S/C11H20N4O/c1-3-11(2,9-12)10(16)13-6-8-15-7-4-5-14-15/h4-5,7H,3,6,8-9,12H2,1-2H3,(H,13,16). The largest absolute Gasteiger partial charge is 0.354 e. The lowest BCUT2D eigenvalue weighted by Gasteiger charge is -2.24. The molecule has 0 spiro atoms. The van der Waals surface area contributed by atoms with E-state index in [0.29, 0.717) is 19.6 Å². The van der Waals surface area contributed by atoms with Gasteiger partial charge in [0.05, 0.1) is 12.0 Å². The van der Waals surface area contributed by atoms with E-state index >= 15 is 0 Å². The lowest BCUT2D eigenvalue weighted by atomic mass is 9.87. The average molecular weight is 224 g/mol. The first-order chi connectivity index (χ1) is 7.62. The van der Waals surface area contributed by atoms with Crippen LogP contribution in [0, 0.1) is 5.41 Å². The van der Waals surface area contributed by atoms with E-state index in [4.69, 9.17) is 5.73 Å². The Bertz CT molecular complexity index is 317. The van der Waals surface area contributed by atoms with Crippen LogP contribution >= 0.6 is 0 Å². The van der Waals surface area contributed by atoms with Crippen molar-refractivity contribution in [1.29, 1.82) is 0 Å². The van der Waals surface area contributed by atoms with Crippen molar-refractivity contribution in [1.82, 2.24) is 15.1 Å². The van der Waals surface area contributed by atoms with Crippen molar-refractivity contribution < 1.29 is 4.79 Å². The van der Waals surface area contributed by atoms with Crippen LogP contribution in [-0.4, -0.2) is 28.8 Å². The lowest BCUT2D eigenvalue weighted by Crippen LogP contribution is -2.44. The number of nitrogens with zero attached hydrogens (tertiary/aromatic N) is 2. The van der Waals surface area contributed by atoms with Gasteiger partial charge >= 0.3 is 0 Å². The fourth-order valence-corrected chi connectivity index (χ4v) is 1.33. The third kappa shape index (κ3) is 3.06. The Morgan fingerprint density at radius 1 is 1.62 bits per heavy atom. The zero-order valence-corrected chi connectivity index (χ0v) is 9.94. The van der Waals surface area contributed by atoms with E-state index in [0.717, 1.165) is 6.42 Å².